The average molecular weight is 261 g/mol. The molecule has 2 rings (SSSR count). The van der Waals surface area contributed by atoms with Crippen LogP contribution in [-0.2, 0) is 4.74 Å². The van der Waals surface area contributed by atoms with Crippen molar-refractivity contribution in [2.24, 2.45) is 5.92 Å². The summed E-state index contributed by atoms with van der Waals surface area (Å²) in [7, 11) is 0. The number of rotatable bonds is 9. The topological polar surface area (TPSA) is 21.3 Å². The van der Waals surface area contributed by atoms with E-state index < -0.39 is 0 Å². The largest absolute Gasteiger partial charge is 0.372 e. The van der Waals surface area contributed by atoms with Crippen molar-refractivity contribution in [3.63, 3.8) is 0 Å². The molecule has 0 aromatic heterocycles. The Balaban J connectivity index is 1.78. The summed E-state index contributed by atoms with van der Waals surface area (Å²) in [6, 6.07) is 10.6. The van der Waals surface area contributed by atoms with E-state index in [1.807, 2.05) is 0 Å². The molecule has 0 saturated heterocycles. The zero-order valence-electron chi connectivity index (χ0n) is 12.1. The fraction of sp³-hybridized carbons (Fsp3) is 0.647. The maximum Gasteiger partial charge on any atom is 0.0949 e. The van der Waals surface area contributed by atoms with E-state index in [2.05, 4.69) is 42.6 Å². The summed E-state index contributed by atoms with van der Waals surface area (Å²) >= 11 is 0. The highest BCUT2D eigenvalue weighted by molar-refractivity contribution is 5.17. The van der Waals surface area contributed by atoms with Gasteiger partial charge in [-0.3, -0.25) is 0 Å². The zero-order chi connectivity index (χ0) is 13.3. The quantitative estimate of drug-likeness (QED) is 0.680. The average Bonchev–Trinajstić information content (AvgIpc) is 2.40. The minimum absolute atomic E-state index is 0.202. The van der Waals surface area contributed by atoms with Gasteiger partial charge >= 0.3 is 0 Å². The lowest BCUT2D eigenvalue weighted by Crippen LogP contribution is -2.25. The molecule has 2 heteroatoms. The molecule has 1 saturated carbocycles. The third-order valence-corrected chi connectivity index (χ3v) is 4.00. The van der Waals surface area contributed by atoms with Crippen molar-refractivity contribution in [1.82, 2.24) is 5.32 Å². The maximum absolute atomic E-state index is 6.12. The van der Waals surface area contributed by atoms with Gasteiger partial charge in [0.05, 0.1) is 6.10 Å². The highest BCUT2D eigenvalue weighted by atomic mass is 16.5. The molecule has 1 atom stereocenters. The minimum Gasteiger partial charge on any atom is -0.372 e. The second-order valence-electron chi connectivity index (χ2n) is 5.56. The van der Waals surface area contributed by atoms with Gasteiger partial charge in [-0.1, -0.05) is 56.5 Å². The molecule has 2 nitrogen and oxygen atoms in total. The first-order chi connectivity index (χ1) is 9.40. The van der Waals surface area contributed by atoms with E-state index >= 15 is 0 Å². The van der Waals surface area contributed by atoms with E-state index in [0.29, 0.717) is 0 Å². The smallest absolute Gasteiger partial charge is 0.0949 e. The molecule has 0 aliphatic heterocycles. The fourth-order valence-electron chi connectivity index (χ4n) is 2.51. The zero-order valence-corrected chi connectivity index (χ0v) is 12.1. The van der Waals surface area contributed by atoms with Crippen LogP contribution in [0.3, 0.4) is 0 Å². The molecule has 106 valence electrons. The summed E-state index contributed by atoms with van der Waals surface area (Å²) in [4.78, 5) is 0. The standard InChI is InChI=1S/C17H27NO/c1-2-12-18-14-17(16-9-4-3-5-10-16)19-13-11-15-7-6-8-15/h3-5,9-10,15,17-18H,2,6-8,11-14H2,1H3. The molecule has 0 heterocycles. The van der Waals surface area contributed by atoms with Crippen molar-refractivity contribution in [2.75, 3.05) is 19.7 Å². The van der Waals surface area contributed by atoms with Crippen LogP contribution in [0.25, 0.3) is 0 Å². The van der Waals surface area contributed by atoms with Crippen molar-refractivity contribution in [3.05, 3.63) is 35.9 Å². The lowest BCUT2D eigenvalue weighted by molar-refractivity contribution is 0.0373. The molecule has 0 radical (unpaired) electrons. The number of ether oxygens (including phenoxy) is 1. The van der Waals surface area contributed by atoms with Gasteiger partial charge in [0.15, 0.2) is 0 Å². The van der Waals surface area contributed by atoms with Crippen LogP contribution < -0.4 is 5.32 Å². The van der Waals surface area contributed by atoms with Gasteiger partial charge in [-0.05, 0) is 30.9 Å². The van der Waals surface area contributed by atoms with E-state index in [0.717, 1.165) is 25.6 Å². The molecule has 0 bridgehead atoms. The molecule has 0 spiro atoms. The van der Waals surface area contributed by atoms with E-state index in [-0.39, 0.29) is 6.10 Å². The second kappa shape index (κ2) is 8.34. The molecule has 1 unspecified atom stereocenters. The Kier molecular flexibility index (Phi) is 6.38. The van der Waals surface area contributed by atoms with Gasteiger partial charge in [-0.15, -0.1) is 0 Å². The van der Waals surface area contributed by atoms with Crippen molar-refractivity contribution in [2.45, 2.75) is 45.1 Å². The van der Waals surface area contributed by atoms with Gasteiger partial charge in [0.1, 0.15) is 0 Å². The SMILES string of the molecule is CCCNCC(OCCC1CCC1)c1ccccc1. The van der Waals surface area contributed by atoms with Crippen LogP contribution in [0.5, 0.6) is 0 Å². The summed E-state index contributed by atoms with van der Waals surface area (Å²) < 4.78 is 6.12. The van der Waals surface area contributed by atoms with Crippen LogP contribution in [0.4, 0.5) is 0 Å². The molecule has 1 aliphatic carbocycles. The predicted molar refractivity (Wildman–Crippen MR) is 80.3 cm³/mol. The molecule has 1 fully saturated rings. The third kappa shape index (κ3) is 4.96. The molecule has 1 aliphatic rings. The van der Waals surface area contributed by atoms with Crippen LogP contribution in [0.1, 0.15) is 50.7 Å². The number of hydrogen-bond donors (Lipinski definition) is 1. The van der Waals surface area contributed by atoms with Crippen LogP contribution >= 0.6 is 0 Å². The monoisotopic (exact) mass is 261 g/mol. The Bertz CT molecular complexity index is 334. The number of nitrogens with one attached hydrogen (secondary N) is 1. The number of hydrogen-bond acceptors (Lipinski definition) is 2. The highest BCUT2D eigenvalue weighted by Crippen LogP contribution is 2.29. The minimum atomic E-state index is 0.202. The lowest BCUT2D eigenvalue weighted by atomic mass is 9.83. The summed E-state index contributed by atoms with van der Waals surface area (Å²) in [6.45, 7) is 5.08. The van der Waals surface area contributed by atoms with Crippen molar-refractivity contribution in [3.8, 4) is 0 Å². The van der Waals surface area contributed by atoms with Crippen molar-refractivity contribution < 1.29 is 4.74 Å². The normalized spacial score (nSPS) is 17.1. The molecular weight excluding hydrogens is 234 g/mol. The molecular formula is C17H27NO. The van der Waals surface area contributed by atoms with Crippen LogP contribution in [0.15, 0.2) is 30.3 Å². The Hall–Kier alpha value is -0.860. The van der Waals surface area contributed by atoms with Crippen LogP contribution in [0, 0.1) is 5.92 Å². The van der Waals surface area contributed by atoms with Gasteiger partial charge in [0.2, 0.25) is 0 Å². The fourth-order valence-corrected chi connectivity index (χ4v) is 2.51. The third-order valence-electron chi connectivity index (χ3n) is 4.00. The van der Waals surface area contributed by atoms with Crippen molar-refractivity contribution in [1.29, 1.82) is 0 Å². The van der Waals surface area contributed by atoms with E-state index in [1.54, 1.807) is 0 Å². The highest BCUT2D eigenvalue weighted by Gasteiger charge is 2.18. The van der Waals surface area contributed by atoms with Gasteiger partial charge in [-0.25, -0.2) is 0 Å². The predicted octanol–water partition coefficient (Wildman–Crippen LogP) is 3.93. The van der Waals surface area contributed by atoms with Gasteiger partial charge in [0.25, 0.3) is 0 Å². The van der Waals surface area contributed by atoms with Crippen molar-refractivity contribution >= 4 is 0 Å². The number of benzene rings is 1. The second-order valence-corrected chi connectivity index (χ2v) is 5.56. The van der Waals surface area contributed by atoms with E-state index in [1.165, 1.54) is 37.7 Å². The summed E-state index contributed by atoms with van der Waals surface area (Å²) in [5.41, 5.74) is 1.29. The Morgan fingerprint density at radius 1 is 1.26 bits per heavy atom. The van der Waals surface area contributed by atoms with Gasteiger partial charge < -0.3 is 10.1 Å². The maximum atomic E-state index is 6.12. The first-order valence-corrected chi connectivity index (χ1v) is 7.77. The van der Waals surface area contributed by atoms with E-state index in [9.17, 15) is 0 Å². The molecule has 1 N–H and O–H groups in total. The lowest BCUT2D eigenvalue weighted by Gasteiger charge is -2.26. The molecule has 0 amide bonds. The summed E-state index contributed by atoms with van der Waals surface area (Å²) in [5, 5.41) is 3.47. The first kappa shape index (κ1) is 14.5. The molecule has 1 aromatic rings. The van der Waals surface area contributed by atoms with Gasteiger partial charge in [-0.2, -0.15) is 0 Å². The molecule has 1 aromatic carbocycles. The Morgan fingerprint density at radius 2 is 2.05 bits per heavy atom. The summed E-state index contributed by atoms with van der Waals surface area (Å²) in [5.74, 6) is 0.931. The summed E-state index contributed by atoms with van der Waals surface area (Å²) in [6.07, 6.45) is 6.85. The van der Waals surface area contributed by atoms with E-state index in [4.69, 9.17) is 4.74 Å². The Morgan fingerprint density at radius 3 is 2.68 bits per heavy atom. The van der Waals surface area contributed by atoms with Gasteiger partial charge in [0, 0.05) is 13.2 Å². The Labute approximate surface area is 117 Å². The van der Waals surface area contributed by atoms with Crippen LogP contribution in [-0.4, -0.2) is 19.7 Å². The first-order valence-electron chi connectivity index (χ1n) is 7.77. The van der Waals surface area contributed by atoms with Crippen LogP contribution in [0.2, 0.25) is 0 Å². The molecule has 19 heavy (non-hydrogen) atoms.